The summed E-state index contributed by atoms with van der Waals surface area (Å²) >= 11 is 5.82. The summed E-state index contributed by atoms with van der Waals surface area (Å²) < 4.78 is 39.6. The lowest BCUT2D eigenvalue weighted by Crippen LogP contribution is -2.39. The quantitative estimate of drug-likeness (QED) is 0.751. The second kappa shape index (κ2) is 8.91. The molecule has 6 nitrogen and oxygen atoms in total. The molecule has 3 rings (SSSR count). The summed E-state index contributed by atoms with van der Waals surface area (Å²) in [6.07, 6.45) is 4.49. The maximum absolute atomic E-state index is 12.8. The monoisotopic (exact) mass is 410 g/mol. The Morgan fingerprint density at radius 1 is 1.15 bits per heavy atom. The van der Waals surface area contributed by atoms with Gasteiger partial charge in [0.1, 0.15) is 16.7 Å². The molecule has 0 unspecified atom stereocenters. The van der Waals surface area contributed by atoms with Crippen LogP contribution >= 0.6 is 11.6 Å². The number of nitrogens with zero attached hydrogens (tertiary/aromatic N) is 1. The standard InChI is InChI=1S/C19H23ClN2O4S/c1-2-25-17-5-3-4-6-18(17)27(23,24)22-15-8-10-16(11-9-15)26-19-12-7-14(20)13-21-19/h3-7,12-13,15-16,22H,2,8-11H2,1H3. The van der Waals surface area contributed by atoms with Crippen LogP contribution in [0.1, 0.15) is 32.6 Å². The number of sulfonamides is 1. The van der Waals surface area contributed by atoms with Crippen LogP contribution < -0.4 is 14.2 Å². The van der Waals surface area contributed by atoms with Gasteiger partial charge in [0.25, 0.3) is 0 Å². The molecule has 0 radical (unpaired) electrons. The van der Waals surface area contributed by atoms with Gasteiger partial charge in [0.05, 0.1) is 11.6 Å². The zero-order valence-electron chi connectivity index (χ0n) is 15.1. The molecular weight excluding hydrogens is 388 g/mol. The molecule has 0 bridgehead atoms. The molecule has 1 aliphatic carbocycles. The van der Waals surface area contributed by atoms with E-state index in [1.807, 2.05) is 6.92 Å². The molecule has 0 saturated heterocycles. The van der Waals surface area contributed by atoms with E-state index in [2.05, 4.69) is 9.71 Å². The van der Waals surface area contributed by atoms with E-state index in [0.717, 1.165) is 12.8 Å². The molecule has 0 amide bonds. The topological polar surface area (TPSA) is 77.5 Å². The molecule has 1 fully saturated rings. The van der Waals surface area contributed by atoms with E-state index >= 15 is 0 Å². The molecule has 2 aromatic rings. The Hall–Kier alpha value is -1.83. The van der Waals surface area contributed by atoms with Crippen molar-refractivity contribution in [2.24, 2.45) is 0 Å². The van der Waals surface area contributed by atoms with Crippen LogP contribution in [-0.4, -0.2) is 32.2 Å². The largest absolute Gasteiger partial charge is 0.492 e. The van der Waals surface area contributed by atoms with E-state index in [1.165, 1.54) is 0 Å². The van der Waals surface area contributed by atoms with Crippen molar-refractivity contribution in [3.05, 3.63) is 47.6 Å². The highest BCUT2D eigenvalue weighted by atomic mass is 35.5. The van der Waals surface area contributed by atoms with Gasteiger partial charge in [0, 0.05) is 18.3 Å². The highest BCUT2D eigenvalue weighted by Gasteiger charge is 2.28. The molecule has 8 heteroatoms. The van der Waals surface area contributed by atoms with E-state index in [1.54, 1.807) is 42.6 Å². The SMILES string of the molecule is CCOc1ccccc1S(=O)(=O)NC1CCC(Oc2ccc(Cl)cn2)CC1. The molecular formula is C19H23ClN2O4S. The fourth-order valence-corrected chi connectivity index (χ4v) is 4.69. The van der Waals surface area contributed by atoms with Crippen molar-refractivity contribution in [2.75, 3.05) is 6.61 Å². The Balaban J connectivity index is 1.57. The summed E-state index contributed by atoms with van der Waals surface area (Å²) in [6, 6.07) is 10.0. The molecule has 1 aromatic carbocycles. The number of aromatic nitrogens is 1. The van der Waals surface area contributed by atoms with Gasteiger partial charge in [-0.3, -0.25) is 0 Å². The fraction of sp³-hybridized carbons (Fsp3) is 0.421. The van der Waals surface area contributed by atoms with Gasteiger partial charge in [0.2, 0.25) is 15.9 Å². The van der Waals surface area contributed by atoms with Gasteiger partial charge in [-0.15, -0.1) is 0 Å². The maximum atomic E-state index is 12.8. The number of halogens is 1. The van der Waals surface area contributed by atoms with Crippen LogP contribution in [0.25, 0.3) is 0 Å². The third-order valence-electron chi connectivity index (χ3n) is 4.42. The maximum Gasteiger partial charge on any atom is 0.244 e. The number of hydrogen-bond donors (Lipinski definition) is 1. The first-order chi connectivity index (χ1) is 13.0. The average Bonchev–Trinajstić information content (AvgIpc) is 2.66. The highest BCUT2D eigenvalue weighted by Crippen LogP contribution is 2.27. The minimum absolute atomic E-state index is 0.0233. The first kappa shape index (κ1) is 19.9. The van der Waals surface area contributed by atoms with Crippen LogP contribution in [0.15, 0.2) is 47.5 Å². The van der Waals surface area contributed by atoms with Crippen LogP contribution in [0.4, 0.5) is 0 Å². The van der Waals surface area contributed by atoms with E-state index in [9.17, 15) is 8.42 Å². The smallest absolute Gasteiger partial charge is 0.244 e. The van der Waals surface area contributed by atoms with Gasteiger partial charge in [0.15, 0.2) is 0 Å². The minimum Gasteiger partial charge on any atom is -0.492 e. The number of rotatable bonds is 7. The lowest BCUT2D eigenvalue weighted by Gasteiger charge is -2.29. The Kier molecular flexibility index (Phi) is 6.57. The Morgan fingerprint density at radius 2 is 1.89 bits per heavy atom. The summed E-state index contributed by atoms with van der Waals surface area (Å²) in [5.41, 5.74) is 0. The first-order valence-electron chi connectivity index (χ1n) is 9.00. The van der Waals surface area contributed by atoms with Crippen LogP contribution in [0.3, 0.4) is 0 Å². The second-order valence-electron chi connectivity index (χ2n) is 6.41. The predicted octanol–water partition coefficient (Wildman–Crippen LogP) is 3.80. The summed E-state index contributed by atoms with van der Waals surface area (Å²) in [4.78, 5) is 4.31. The molecule has 1 N–H and O–H groups in total. The number of ether oxygens (including phenoxy) is 2. The molecule has 0 spiro atoms. The average molecular weight is 411 g/mol. The lowest BCUT2D eigenvalue weighted by atomic mass is 9.94. The summed E-state index contributed by atoms with van der Waals surface area (Å²) in [5, 5.41) is 0.563. The normalized spacial score (nSPS) is 20.2. The van der Waals surface area contributed by atoms with E-state index in [4.69, 9.17) is 21.1 Å². The van der Waals surface area contributed by atoms with Gasteiger partial charge in [-0.1, -0.05) is 23.7 Å². The first-order valence-corrected chi connectivity index (χ1v) is 10.9. The molecule has 146 valence electrons. The fourth-order valence-electron chi connectivity index (χ4n) is 3.13. The number of hydrogen-bond acceptors (Lipinski definition) is 5. The molecule has 1 aliphatic rings. The molecule has 0 atom stereocenters. The van der Waals surface area contributed by atoms with Crippen molar-refractivity contribution in [3.8, 4) is 11.6 Å². The lowest BCUT2D eigenvalue weighted by molar-refractivity contribution is 0.138. The Labute approximate surface area is 164 Å². The van der Waals surface area contributed by atoms with Crippen molar-refractivity contribution in [1.29, 1.82) is 0 Å². The van der Waals surface area contributed by atoms with Gasteiger partial charge in [-0.2, -0.15) is 0 Å². The van der Waals surface area contributed by atoms with Crippen molar-refractivity contribution >= 4 is 21.6 Å². The third kappa shape index (κ3) is 5.34. The predicted molar refractivity (Wildman–Crippen MR) is 104 cm³/mol. The summed E-state index contributed by atoms with van der Waals surface area (Å²) in [7, 11) is -3.64. The Bertz CT molecular complexity index is 850. The van der Waals surface area contributed by atoms with Crippen LogP contribution in [-0.2, 0) is 10.0 Å². The van der Waals surface area contributed by atoms with Gasteiger partial charge >= 0.3 is 0 Å². The number of pyridine rings is 1. The van der Waals surface area contributed by atoms with Crippen molar-refractivity contribution in [3.63, 3.8) is 0 Å². The van der Waals surface area contributed by atoms with Crippen molar-refractivity contribution in [2.45, 2.75) is 49.6 Å². The number of para-hydroxylation sites is 1. The van der Waals surface area contributed by atoms with Crippen molar-refractivity contribution < 1.29 is 17.9 Å². The zero-order valence-corrected chi connectivity index (χ0v) is 16.7. The third-order valence-corrected chi connectivity index (χ3v) is 6.21. The van der Waals surface area contributed by atoms with E-state index < -0.39 is 10.0 Å². The van der Waals surface area contributed by atoms with Gasteiger partial charge < -0.3 is 9.47 Å². The zero-order chi connectivity index (χ0) is 19.3. The highest BCUT2D eigenvalue weighted by molar-refractivity contribution is 7.89. The van der Waals surface area contributed by atoms with E-state index in [0.29, 0.717) is 36.1 Å². The number of nitrogens with one attached hydrogen (secondary N) is 1. The minimum atomic E-state index is -3.64. The van der Waals surface area contributed by atoms with Crippen LogP contribution in [0, 0.1) is 0 Å². The molecule has 27 heavy (non-hydrogen) atoms. The van der Waals surface area contributed by atoms with Crippen molar-refractivity contribution in [1.82, 2.24) is 9.71 Å². The number of benzene rings is 1. The second-order valence-corrected chi connectivity index (χ2v) is 8.53. The summed E-state index contributed by atoms with van der Waals surface area (Å²) in [5.74, 6) is 0.910. The van der Waals surface area contributed by atoms with Crippen LogP contribution in [0.5, 0.6) is 11.6 Å². The van der Waals surface area contributed by atoms with Gasteiger partial charge in [-0.25, -0.2) is 18.1 Å². The molecule has 0 aliphatic heterocycles. The van der Waals surface area contributed by atoms with Crippen LogP contribution in [0.2, 0.25) is 5.02 Å². The Morgan fingerprint density at radius 3 is 2.56 bits per heavy atom. The molecule has 1 heterocycles. The van der Waals surface area contributed by atoms with E-state index in [-0.39, 0.29) is 17.0 Å². The summed E-state index contributed by atoms with van der Waals surface area (Å²) in [6.45, 7) is 2.24. The van der Waals surface area contributed by atoms with Gasteiger partial charge in [-0.05, 0) is 50.8 Å². The molecule has 1 saturated carbocycles. The molecule has 1 aromatic heterocycles.